The number of carbonyl (C=O) groups excluding carboxylic acids is 1. The van der Waals surface area contributed by atoms with Crippen molar-refractivity contribution in [1.82, 2.24) is 10.2 Å². The molecular weight excluding hydrogens is 248 g/mol. The van der Waals surface area contributed by atoms with E-state index in [0.717, 1.165) is 18.5 Å². The molecule has 1 aromatic carbocycles. The molecule has 18 heavy (non-hydrogen) atoms. The quantitative estimate of drug-likeness (QED) is 0.908. The highest BCUT2D eigenvalue weighted by Gasteiger charge is 2.23. The van der Waals surface area contributed by atoms with Crippen molar-refractivity contribution in [1.29, 1.82) is 0 Å². The molecule has 4 heteroatoms. The van der Waals surface area contributed by atoms with E-state index in [9.17, 15) is 4.79 Å². The fourth-order valence-electron chi connectivity index (χ4n) is 2.36. The van der Waals surface area contributed by atoms with Crippen LogP contribution in [0, 0.1) is 0 Å². The molecule has 1 unspecified atom stereocenters. The Morgan fingerprint density at radius 3 is 2.94 bits per heavy atom. The van der Waals surface area contributed by atoms with Crippen molar-refractivity contribution in [2.24, 2.45) is 0 Å². The molecule has 1 heterocycles. The van der Waals surface area contributed by atoms with Crippen molar-refractivity contribution in [3.63, 3.8) is 0 Å². The Morgan fingerprint density at radius 2 is 2.28 bits per heavy atom. The van der Waals surface area contributed by atoms with Gasteiger partial charge in [0.1, 0.15) is 0 Å². The smallest absolute Gasteiger partial charge is 0.221 e. The van der Waals surface area contributed by atoms with Gasteiger partial charge in [-0.3, -0.25) is 4.79 Å². The molecule has 0 saturated carbocycles. The molecule has 1 aliphatic heterocycles. The summed E-state index contributed by atoms with van der Waals surface area (Å²) in [6.45, 7) is 1.61. The molecule has 1 atom stereocenters. The summed E-state index contributed by atoms with van der Waals surface area (Å²) in [5.41, 5.74) is 0.965. The maximum Gasteiger partial charge on any atom is 0.221 e. The normalized spacial score (nSPS) is 20.0. The van der Waals surface area contributed by atoms with E-state index in [1.165, 1.54) is 6.42 Å². The zero-order valence-corrected chi connectivity index (χ0v) is 11.4. The van der Waals surface area contributed by atoms with E-state index in [1.54, 1.807) is 0 Å². The first-order valence-corrected chi connectivity index (χ1v) is 6.75. The van der Waals surface area contributed by atoms with Crippen LogP contribution in [-0.4, -0.2) is 30.4 Å². The minimum absolute atomic E-state index is 0.105. The van der Waals surface area contributed by atoms with Crippen LogP contribution in [0.2, 0.25) is 5.02 Å². The molecule has 2 rings (SSSR count). The lowest BCUT2D eigenvalue weighted by Crippen LogP contribution is -2.32. The van der Waals surface area contributed by atoms with Crippen molar-refractivity contribution in [3.05, 3.63) is 34.9 Å². The third-order valence-corrected chi connectivity index (χ3v) is 3.90. The number of likely N-dealkylation sites (tertiary alicyclic amines) is 1. The second-order valence-corrected chi connectivity index (χ2v) is 5.26. The molecule has 1 N–H and O–H groups in total. The van der Waals surface area contributed by atoms with Crippen molar-refractivity contribution in [2.45, 2.75) is 31.8 Å². The van der Waals surface area contributed by atoms with Gasteiger partial charge in [0.05, 0.1) is 0 Å². The third kappa shape index (κ3) is 3.47. The molecule has 1 aliphatic rings. The van der Waals surface area contributed by atoms with Crippen LogP contribution in [0.1, 0.15) is 24.8 Å². The average molecular weight is 267 g/mol. The van der Waals surface area contributed by atoms with Crippen molar-refractivity contribution in [2.75, 3.05) is 13.6 Å². The maximum atomic E-state index is 11.8. The van der Waals surface area contributed by atoms with Crippen molar-refractivity contribution < 1.29 is 4.79 Å². The highest BCUT2D eigenvalue weighted by atomic mass is 35.5. The zero-order valence-electron chi connectivity index (χ0n) is 10.7. The largest absolute Gasteiger partial charge is 0.352 e. The number of nitrogens with zero attached hydrogens (tertiary/aromatic N) is 1. The predicted molar refractivity (Wildman–Crippen MR) is 73.6 cm³/mol. The Hall–Kier alpha value is -1.06. The Balaban J connectivity index is 1.80. The zero-order chi connectivity index (χ0) is 13.0. The fourth-order valence-corrected chi connectivity index (χ4v) is 2.56. The summed E-state index contributed by atoms with van der Waals surface area (Å²) in [6, 6.07) is 7.99. The van der Waals surface area contributed by atoms with E-state index in [4.69, 9.17) is 11.6 Å². The molecule has 0 radical (unpaired) electrons. The van der Waals surface area contributed by atoms with E-state index in [0.29, 0.717) is 24.0 Å². The lowest BCUT2D eigenvalue weighted by Gasteiger charge is -2.18. The van der Waals surface area contributed by atoms with E-state index < -0.39 is 0 Å². The molecule has 0 spiro atoms. The second-order valence-electron chi connectivity index (χ2n) is 4.85. The molecule has 0 aromatic heterocycles. The van der Waals surface area contributed by atoms with Gasteiger partial charge in [-0.05, 0) is 38.1 Å². The summed E-state index contributed by atoms with van der Waals surface area (Å²) in [5.74, 6) is 0.105. The van der Waals surface area contributed by atoms with Gasteiger partial charge >= 0.3 is 0 Å². The van der Waals surface area contributed by atoms with Gasteiger partial charge in [-0.1, -0.05) is 29.8 Å². The van der Waals surface area contributed by atoms with Crippen LogP contribution in [0.4, 0.5) is 0 Å². The molecule has 3 nitrogen and oxygen atoms in total. The molecule has 1 aromatic rings. The minimum atomic E-state index is 0.105. The summed E-state index contributed by atoms with van der Waals surface area (Å²) in [5, 5.41) is 3.64. The van der Waals surface area contributed by atoms with Crippen LogP contribution in [-0.2, 0) is 11.3 Å². The minimum Gasteiger partial charge on any atom is -0.352 e. The van der Waals surface area contributed by atoms with Crippen LogP contribution in [0.15, 0.2) is 24.3 Å². The molecule has 1 fully saturated rings. The monoisotopic (exact) mass is 266 g/mol. The maximum absolute atomic E-state index is 11.8. The van der Waals surface area contributed by atoms with Crippen molar-refractivity contribution >= 4 is 17.5 Å². The molecule has 1 amide bonds. The number of carbonyl (C=O) groups is 1. The molecule has 1 saturated heterocycles. The standard InChI is InChI=1S/C14H19ClN2O/c1-17-8-4-6-12(17)9-14(18)16-10-11-5-2-3-7-13(11)15/h2-3,5,7,12H,4,6,8-10H2,1H3,(H,16,18). The van der Waals surface area contributed by atoms with Crippen LogP contribution in [0.25, 0.3) is 0 Å². The van der Waals surface area contributed by atoms with E-state index in [-0.39, 0.29) is 5.91 Å². The topological polar surface area (TPSA) is 32.3 Å². The first-order valence-electron chi connectivity index (χ1n) is 6.37. The number of amides is 1. The summed E-state index contributed by atoms with van der Waals surface area (Å²) in [7, 11) is 2.08. The summed E-state index contributed by atoms with van der Waals surface area (Å²) in [4.78, 5) is 14.1. The summed E-state index contributed by atoms with van der Waals surface area (Å²) < 4.78 is 0. The van der Waals surface area contributed by atoms with Gasteiger partial charge in [0, 0.05) is 24.0 Å². The first-order chi connectivity index (χ1) is 8.66. The Bertz CT molecular complexity index is 422. The van der Waals surface area contributed by atoms with Crippen LogP contribution in [0.5, 0.6) is 0 Å². The van der Waals surface area contributed by atoms with Gasteiger partial charge < -0.3 is 10.2 Å². The van der Waals surface area contributed by atoms with Crippen LogP contribution in [0.3, 0.4) is 0 Å². The van der Waals surface area contributed by atoms with Crippen LogP contribution >= 0.6 is 11.6 Å². The van der Waals surface area contributed by atoms with E-state index in [2.05, 4.69) is 17.3 Å². The average Bonchev–Trinajstić information content (AvgIpc) is 2.74. The number of nitrogens with one attached hydrogen (secondary N) is 1. The third-order valence-electron chi connectivity index (χ3n) is 3.53. The lowest BCUT2D eigenvalue weighted by atomic mass is 10.1. The van der Waals surface area contributed by atoms with Gasteiger partial charge in [-0.15, -0.1) is 0 Å². The van der Waals surface area contributed by atoms with Gasteiger partial charge in [-0.2, -0.15) is 0 Å². The number of hydrogen-bond donors (Lipinski definition) is 1. The first kappa shape index (κ1) is 13.4. The van der Waals surface area contributed by atoms with E-state index in [1.807, 2.05) is 24.3 Å². The lowest BCUT2D eigenvalue weighted by molar-refractivity contribution is -0.122. The Kier molecular flexibility index (Phi) is 4.61. The Morgan fingerprint density at radius 1 is 1.50 bits per heavy atom. The number of hydrogen-bond acceptors (Lipinski definition) is 2. The van der Waals surface area contributed by atoms with E-state index >= 15 is 0 Å². The van der Waals surface area contributed by atoms with Gasteiger partial charge in [0.2, 0.25) is 5.91 Å². The SMILES string of the molecule is CN1CCCC1CC(=O)NCc1ccccc1Cl. The van der Waals surface area contributed by atoms with Gasteiger partial charge in [0.15, 0.2) is 0 Å². The molecule has 98 valence electrons. The van der Waals surface area contributed by atoms with Crippen LogP contribution < -0.4 is 5.32 Å². The number of benzene rings is 1. The number of rotatable bonds is 4. The summed E-state index contributed by atoms with van der Waals surface area (Å²) >= 11 is 6.04. The predicted octanol–water partition coefficient (Wildman–Crippen LogP) is 2.44. The molecular formula is C14H19ClN2O. The second kappa shape index (κ2) is 6.21. The molecule has 0 bridgehead atoms. The molecule has 0 aliphatic carbocycles. The fraction of sp³-hybridized carbons (Fsp3) is 0.500. The van der Waals surface area contributed by atoms with Crippen molar-refractivity contribution in [3.8, 4) is 0 Å². The van der Waals surface area contributed by atoms with Gasteiger partial charge in [0.25, 0.3) is 0 Å². The van der Waals surface area contributed by atoms with Gasteiger partial charge in [-0.25, -0.2) is 0 Å². The summed E-state index contributed by atoms with van der Waals surface area (Å²) in [6.07, 6.45) is 2.90. The number of halogens is 1. The highest BCUT2D eigenvalue weighted by molar-refractivity contribution is 6.31. The Labute approximate surface area is 113 Å². The highest BCUT2D eigenvalue weighted by Crippen LogP contribution is 2.18.